The van der Waals surface area contributed by atoms with E-state index in [2.05, 4.69) is 4.98 Å². The van der Waals surface area contributed by atoms with Crippen LogP contribution in [0.25, 0.3) is 0 Å². The molecule has 0 radical (unpaired) electrons. The molecule has 2 rings (SSSR count). The van der Waals surface area contributed by atoms with Crippen molar-refractivity contribution in [3.8, 4) is 0 Å². The maximum atomic E-state index is 13.5. The smallest absolute Gasteiger partial charge is 0.256 e. The van der Waals surface area contributed by atoms with Gasteiger partial charge in [-0.1, -0.05) is 23.9 Å². The van der Waals surface area contributed by atoms with Crippen molar-refractivity contribution in [1.29, 1.82) is 0 Å². The van der Waals surface area contributed by atoms with Crippen LogP contribution in [-0.2, 0) is 12.3 Å². The fourth-order valence-electron chi connectivity index (χ4n) is 1.40. The molecular weight excluding hydrogens is 239 g/mol. The molecule has 0 fully saturated rings. The van der Waals surface area contributed by atoms with Crippen molar-refractivity contribution in [1.82, 2.24) is 4.98 Å². The normalized spacial score (nSPS) is 10.8. The van der Waals surface area contributed by atoms with Crippen LogP contribution in [0.1, 0.15) is 16.8 Å². The molecule has 90 valence electrons. The lowest BCUT2D eigenvalue weighted by Gasteiger charge is -2.03. The Morgan fingerprint density at radius 3 is 2.94 bits per heavy atom. The molecule has 1 heterocycles. The van der Waals surface area contributed by atoms with Crippen LogP contribution in [0, 0.1) is 12.7 Å². The van der Waals surface area contributed by atoms with E-state index in [4.69, 9.17) is 10.2 Å². The van der Waals surface area contributed by atoms with E-state index < -0.39 is 0 Å². The second-order valence-electron chi connectivity index (χ2n) is 3.67. The fourth-order valence-corrected chi connectivity index (χ4v) is 2.23. The van der Waals surface area contributed by atoms with Gasteiger partial charge in [0.25, 0.3) is 5.22 Å². The lowest BCUT2D eigenvalue weighted by atomic mass is 10.1. The molecule has 0 saturated carbocycles. The number of thioether (sulfide) groups is 1. The lowest BCUT2D eigenvalue weighted by molar-refractivity contribution is 0.454. The number of rotatable bonds is 4. The first kappa shape index (κ1) is 12.1. The van der Waals surface area contributed by atoms with E-state index >= 15 is 0 Å². The minimum Gasteiger partial charge on any atom is -0.440 e. The van der Waals surface area contributed by atoms with E-state index in [1.54, 1.807) is 18.4 Å². The Morgan fingerprint density at radius 2 is 2.29 bits per heavy atom. The number of hydrogen-bond acceptors (Lipinski definition) is 4. The zero-order valence-corrected chi connectivity index (χ0v) is 10.3. The van der Waals surface area contributed by atoms with Gasteiger partial charge >= 0.3 is 0 Å². The number of oxazole rings is 1. The van der Waals surface area contributed by atoms with Crippen molar-refractivity contribution in [2.24, 2.45) is 5.73 Å². The van der Waals surface area contributed by atoms with Gasteiger partial charge in [0.2, 0.25) is 0 Å². The average molecular weight is 252 g/mol. The molecule has 1 aromatic heterocycles. The molecule has 2 N–H and O–H groups in total. The summed E-state index contributed by atoms with van der Waals surface area (Å²) >= 11 is 1.37. The summed E-state index contributed by atoms with van der Waals surface area (Å²) in [4.78, 5) is 4.15. The number of aryl methyl sites for hydroxylation is 1. The van der Waals surface area contributed by atoms with E-state index in [0.29, 0.717) is 23.1 Å². The molecule has 2 aromatic rings. The molecule has 3 nitrogen and oxygen atoms in total. The van der Waals surface area contributed by atoms with Gasteiger partial charge in [-0.15, -0.1) is 0 Å². The molecule has 0 unspecified atom stereocenters. The van der Waals surface area contributed by atoms with Gasteiger partial charge in [-0.2, -0.15) is 0 Å². The zero-order valence-electron chi connectivity index (χ0n) is 9.44. The summed E-state index contributed by atoms with van der Waals surface area (Å²) in [5.41, 5.74) is 7.88. The van der Waals surface area contributed by atoms with Gasteiger partial charge in [0.15, 0.2) is 0 Å². The van der Waals surface area contributed by atoms with Gasteiger partial charge in [0, 0.05) is 12.3 Å². The van der Waals surface area contributed by atoms with E-state index in [9.17, 15) is 4.39 Å². The van der Waals surface area contributed by atoms with Crippen molar-refractivity contribution in [3.05, 3.63) is 47.1 Å². The van der Waals surface area contributed by atoms with Crippen LogP contribution in [0.3, 0.4) is 0 Å². The van der Waals surface area contributed by atoms with Crippen LogP contribution in [0.5, 0.6) is 0 Å². The maximum Gasteiger partial charge on any atom is 0.256 e. The number of aromatic nitrogens is 1. The first-order valence-corrected chi connectivity index (χ1v) is 6.20. The Bertz CT molecular complexity index is 513. The van der Waals surface area contributed by atoms with E-state index in [-0.39, 0.29) is 5.82 Å². The average Bonchev–Trinajstić information content (AvgIpc) is 2.74. The van der Waals surface area contributed by atoms with Gasteiger partial charge in [-0.25, -0.2) is 9.37 Å². The van der Waals surface area contributed by atoms with Crippen LogP contribution in [0.2, 0.25) is 0 Å². The Labute approximate surface area is 103 Å². The Kier molecular flexibility index (Phi) is 3.81. The number of nitrogens with zero attached hydrogens (tertiary/aromatic N) is 1. The number of nitrogens with two attached hydrogens (primary N) is 1. The Hall–Kier alpha value is -1.33. The van der Waals surface area contributed by atoms with Crippen LogP contribution in [-0.4, -0.2) is 4.98 Å². The molecular formula is C12H13FN2OS. The number of halogens is 1. The number of benzene rings is 1. The molecule has 0 aliphatic carbocycles. The first-order chi connectivity index (χ1) is 8.19. The van der Waals surface area contributed by atoms with Gasteiger partial charge in [-0.3, -0.25) is 0 Å². The minimum absolute atomic E-state index is 0.224. The SMILES string of the molecule is Cc1coc(SCc2cc(CN)ccc2F)n1. The molecule has 0 aliphatic heterocycles. The third-order valence-corrected chi connectivity index (χ3v) is 3.18. The molecule has 17 heavy (non-hydrogen) atoms. The highest BCUT2D eigenvalue weighted by Gasteiger charge is 2.07. The largest absolute Gasteiger partial charge is 0.440 e. The summed E-state index contributed by atoms with van der Waals surface area (Å²) in [6.45, 7) is 2.26. The van der Waals surface area contributed by atoms with Gasteiger partial charge in [0.05, 0.1) is 5.69 Å². The van der Waals surface area contributed by atoms with E-state index in [1.807, 2.05) is 6.92 Å². The van der Waals surface area contributed by atoms with Gasteiger partial charge < -0.3 is 10.2 Å². The van der Waals surface area contributed by atoms with Crippen molar-refractivity contribution in [2.45, 2.75) is 24.4 Å². The molecule has 0 amide bonds. The Morgan fingerprint density at radius 1 is 1.47 bits per heavy atom. The van der Waals surface area contributed by atoms with Crippen molar-refractivity contribution < 1.29 is 8.81 Å². The van der Waals surface area contributed by atoms with Crippen molar-refractivity contribution >= 4 is 11.8 Å². The van der Waals surface area contributed by atoms with E-state index in [1.165, 1.54) is 17.8 Å². The quantitative estimate of drug-likeness (QED) is 0.850. The maximum absolute atomic E-state index is 13.5. The molecule has 0 bridgehead atoms. The fraction of sp³-hybridized carbons (Fsp3) is 0.250. The van der Waals surface area contributed by atoms with Crippen LogP contribution in [0.15, 0.2) is 34.1 Å². The highest BCUT2D eigenvalue weighted by molar-refractivity contribution is 7.98. The number of hydrogen-bond donors (Lipinski definition) is 1. The standard InChI is InChI=1S/C12H13FN2OS/c1-8-6-16-12(15-8)17-7-10-4-9(5-14)2-3-11(10)13/h2-4,6H,5,7,14H2,1H3. The first-order valence-electron chi connectivity index (χ1n) is 5.21. The summed E-state index contributed by atoms with van der Waals surface area (Å²) in [7, 11) is 0. The molecule has 5 heteroatoms. The second kappa shape index (κ2) is 5.33. The minimum atomic E-state index is -0.224. The highest BCUT2D eigenvalue weighted by Crippen LogP contribution is 2.23. The van der Waals surface area contributed by atoms with Gasteiger partial charge in [0.1, 0.15) is 12.1 Å². The molecule has 0 spiro atoms. The summed E-state index contributed by atoms with van der Waals surface area (Å²) in [6.07, 6.45) is 1.58. The van der Waals surface area contributed by atoms with Crippen LogP contribution < -0.4 is 5.73 Å². The predicted octanol–water partition coefficient (Wildman–Crippen LogP) is 2.87. The predicted molar refractivity (Wildman–Crippen MR) is 65.1 cm³/mol. The topological polar surface area (TPSA) is 52.0 Å². The monoisotopic (exact) mass is 252 g/mol. The third kappa shape index (κ3) is 3.08. The molecule has 0 atom stereocenters. The van der Waals surface area contributed by atoms with Crippen molar-refractivity contribution in [3.63, 3.8) is 0 Å². The summed E-state index contributed by atoms with van der Waals surface area (Å²) in [6, 6.07) is 4.91. The third-order valence-electron chi connectivity index (χ3n) is 2.29. The second-order valence-corrected chi connectivity index (χ2v) is 4.60. The van der Waals surface area contributed by atoms with E-state index in [0.717, 1.165) is 11.3 Å². The zero-order chi connectivity index (χ0) is 12.3. The molecule has 0 aliphatic rings. The summed E-state index contributed by atoms with van der Waals surface area (Å²) in [5, 5.41) is 0.556. The summed E-state index contributed by atoms with van der Waals surface area (Å²) < 4.78 is 18.7. The molecule has 1 aromatic carbocycles. The molecule has 0 saturated heterocycles. The van der Waals surface area contributed by atoms with Crippen LogP contribution in [0.4, 0.5) is 4.39 Å². The Balaban J connectivity index is 2.07. The van der Waals surface area contributed by atoms with Crippen LogP contribution >= 0.6 is 11.8 Å². The highest BCUT2D eigenvalue weighted by atomic mass is 32.2. The lowest BCUT2D eigenvalue weighted by Crippen LogP contribution is -1.98. The summed E-state index contributed by atoms with van der Waals surface area (Å²) in [5.74, 6) is 0.262. The van der Waals surface area contributed by atoms with Crippen molar-refractivity contribution in [2.75, 3.05) is 0 Å². The van der Waals surface area contributed by atoms with Gasteiger partial charge in [-0.05, 0) is 24.1 Å².